The molecule has 0 saturated heterocycles. The average Bonchev–Trinajstić information content (AvgIpc) is 1.98. The molecule has 0 nitrogen and oxygen atoms in total. The number of hydrogen-bond donors (Lipinski definition) is 0. The van der Waals surface area contributed by atoms with Crippen molar-refractivity contribution >= 4 is 7.85 Å². The third kappa shape index (κ3) is 0.912. The summed E-state index contributed by atoms with van der Waals surface area (Å²) in [5.74, 6) is 2.02. The molecule has 0 aromatic rings. The third-order valence-electron chi connectivity index (χ3n) is 2.39. The van der Waals surface area contributed by atoms with Crippen LogP contribution in [0.25, 0.3) is 0 Å². The van der Waals surface area contributed by atoms with Crippen molar-refractivity contribution in [2.24, 2.45) is 11.8 Å². The van der Waals surface area contributed by atoms with Crippen molar-refractivity contribution in [3.05, 3.63) is 0 Å². The van der Waals surface area contributed by atoms with Gasteiger partial charge in [-0.25, -0.2) is 0 Å². The summed E-state index contributed by atoms with van der Waals surface area (Å²) >= 11 is 0. The van der Waals surface area contributed by atoms with E-state index in [4.69, 9.17) is 7.85 Å². The summed E-state index contributed by atoms with van der Waals surface area (Å²) < 4.78 is 0. The van der Waals surface area contributed by atoms with Gasteiger partial charge in [-0.1, -0.05) is 38.5 Å². The van der Waals surface area contributed by atoms with Crippen LogP contribution in [0, 0.1) is 11.8 Å². The van der Waals surface area contributed by atoms with Crippen molar-refractivity contribution in [1.29, 1.82) is 0 Å². The highest BCUT2D eigenvalue weighted by atomic mass is 14.3. The van der Waals surface area contributed by atoms with E-state index in [2.05, 4.69) is 13.8 Å². The van der Waals surface area contributed by atoms with Gasteiger partial charge >= 0.3 is 0 Å². The molecular formula is C7H13B-. The van der Waals surface area contributed by atoms with E-state index in [0.717, 1.165) is 11.8 Å². The van der Waals surface area contributed by atoms with Crippen LogP contribution in [0.3, 0.4) is 0 Å². The van der Waals surface area contributed by atoms with Crippen LogP contribution < -0.4 is 0 Å². The molecule has 1 aliphatic rings. The van der Waals surface area contributed by atoms with E-state index in [1.807, 2.05) is 0 Å². The molecule has 0 N–H and O–H groups in total. The van der Waals surface area contributed by atoms with Gasteiger partial charge in [0.15, 0.2) is 0 Å². The molecule has 0 amide bonds. The molecule has 0 bridgehead atoms. The predicted molar refractivity (Wildman–Crippen MR) is 37.1 cm³/mol. The normalized spacial score (nSPS) is 40.9. The first-order valence-corrected chi connectivity index (χ1v) is 3.47. The summed E-state index contributed by atoms with van der Waals surface area (Å²) in [5, 5.41) is 0. The van der Waals surface area contributed by atoms with Gasteiger partial charge < -0.3 is 7.85 Å². The van der Waals surface area contributed by atoms with E-state index >= 15 is 0 Å². The first kappa shape index (κ1) is 6.19. The van der Waals surface area contributed by atoms with Gasteiger partial charge in [0, 0.05) is 0 Å². The largest absolute Gasteiger partial charge is 0.621 e. The molecule has 0 spiro atoms. The first-order chi connectivity index (χ1) is 3.72. The van der Waals surface area contributed by atoms with Crippen molar-refractivity contribution in [2.45, 2.75) is 32.5 Å². The Balaban J connectivity index is 2.44. The van der Waals surface area contributed by atoms with Crippen LogP contribution in [0.15, 0.2) is 0 Å². The highest BCUT2D eigenvalue weighted by Crippen LogP contribution is 2.38. The monoisotopic (exact) mass is 108 g/mol. The molecule has 3 radical (unpaired) electrons. The van der Waals surface area contributed by atoms with E-state index in [1.54, 1.807) is 0 Å². The molecule has 1 heteroatoms. The lowest BCUT2D eigenvalue weighted by Gasteiger charge is -2.27. The van der Waals surface area contributed by atoms with Crippen LogP contribution in [0.4, 0.5) is 0 Å². The predicted octanol–water partition coefficient (Wildman–Crippen LogP) is 2.01. The fraction of sp³-hybridized carbons (Fsp3) is 1.00. The fourth-order valence-electron chi connectivity index (χ4n) is 1.47. The van der Waals surface area contributed by atoms with Gasteiger partial charge in [0.1, 0.15) is 0 Å². The minimum absolute atomic E-state index is 0.481. The summed E-state index contributed by atoms with van der Waals surface area (Å²) in [5.41, 5.74) is 0. The van der Waals surface area contributed by atoms with Crippen LogP contribution in [0.1, 0.15) is 26.7 Å². The van der Waals surface area contributed by atoms with E-state index in [0.29, 0.717) is 5.82 Å². The Morgan fingerprint density at radius 3 is 1.62 bits per heavy atom. The molecule has 0 aromatic heterocycles. The van der Waals surface area contributed by atoms with Crippen molar-refractivity contribution in [3.63, 3.8) is 0 Å². The molecule has 45 valence electrons. The van der Waals surface area contributed by atoms with Crippen molar-refractivity contribution in [3.8, 4) is 0 Å². The Labute approximate surface area is 53.1 Å². The standard InChI is InChI=1S/C7H13B/c1-5-3-4-6(2)7(5)8/h5-7H,3-4H2,1-2H3/q-1/t5-,6-/m0/s1. The van der Waals surface area contributed by atoms with Crippen LogP contribution in [-0.2, 0) is 0 Å². The highest BCUT2D eigenvalue weighted by Gasteiger charge is 2.17. The van der Waals surface area contributed by atoms with E-state index in [1.165, 1.54) is 12.8 Å². The van der Waals surface area contributed by atoms with Gasteiger partial charge in [0.25, 0.3) is 0 Å². The van der Waals surface area contributed by atoms with Crippen molar-refractivity contribution in [1.82, 2.24) is 0 Å². The van der Waals surface area contributed by atoms with Crippen molar-refractivity contribution in [2.75, 3.05) is 0 Å². The summed E-state index contributed by atoms with van der Waals surface area (Å²) in [6.45, 7) is 4.49. The van der Waals surface area contributed by atoms with E-state index in [-0.39, 0.29) is 0 Å². The fourth-order valence-corrected chi connectivity index (χ4v) is 1.47. The maximum Gasteiger partial charge on any atom is -0.0536 e. The second kappa shape index (κ2) is 2.12. The molecule has 1 rings (SSSR count). The molecule has 0 aliphatic heterocycles. The summed E-state index contributed by atoms with van der Waals surface area (Å²) in [7, 11) is 5.82. The number of rotatable bonds is 0. The van der Waals surface area contributed by atoms with Crippen LogP contribution in [-0.4, -0.2) is 7.85 Å². The minimum atomic E-state index is 0.481. The molecular weight excluding hydrogens is 94.9 g/mol. The lowest BCUT2D eigenvalue weighted by molar-refractivity contribution is 0.555. The Morgan fingerprint density at radius 2 is 1.50 bits per heavy atom. The smallest absolute Gasteiger partial charge is 0.0536 e. The zero-order valence-corrected chi connectivity index (χ0v) is 5.72. The molecule has 8 heavy (non-hydrogen) atoms. The second-order valence-corrected chi connectivity index (χ2v) is 3.11. The zero-order valence-electron chi connectivity index (χ0n) is 5.72. The van der Waals surface area contributed by atoms with Gasteiger partial charge in [-0.3, -0.25) is 5.82 Å². The molecule has 0 aromatic carbocycles. The second-order valence-electron chi connectivity index (χ2n) is 3.11. The highest BCUT2D eigenvalue weighted by molar-refractivity contribution is 6.12. The quantitative estimate of drug-likeness (QED) is 0.416. The lowest BCUT2D eigenvalue weighted by atomic mass is 9.75. The summed E-state index contributed by atoms with van der Waals surface area (Å²) in [4.78, 5) is 0. The first-order valence-electron chi connectivity index (χ1n) is 3.47. The number of hydrogen-bond acceptors (Lipinski definition) is 0. The Bertz CT molecular complexity index is 70.5. The molecule has 1 fully saturated rings. The van der Waals surface area contributed by atoms with Crippen LogP contribution >= 0.6 is 0 Å². The molecule has 1 aliphatic carbocycles. The van der Waals surface area contributed by atoms with Gasteiger partial charge in [-0.05, 0) is 0 Å². The topological polar surface area (TPSA) is 0 Å². The Kier molecular flexibility index (Phi) is 1.64. The van der Waals surface area contributed by atoms with E-state index < -0.39 is 0 Å². The zero-order chi connectivity index (χ0) is 6.15. The van der Waals surface area contributed by atoms with E-state index in [9.17, 15) is 0 Å². The van der Waals surface area contributed by atoms with Crippen LogP contribution in [0.5, 0.6) is 0 Å². The van der Waals surface area contributed by atoms with Crippen molar-refractivity contribution < 1.29 is 0 Å². The summed E-state index contributed by atoms with van der Waals surface area (Å²) in [6, 6.07) is 0. The molecule has 1 saturated carbocycles. The maximum absolute atomic E-state index is 5.82. The summed E-state index contributed by atoms with van der Waals surface area (Å²) in [6.07, 6.45) is 2.67. The SMILES string of the molecule is [B-]C1[C@@H](C)CC[C@@H]1C. The third-order valence-corrected chi connectivity index (χ3v) is 2.39. The van der Waals surface area contributed by atoms with Crippen LogP contribution in [0.2, 0.25) is 5.82 Å². The van der Waals surface area contributed by atoms with Gasteiger partial charge in [-0.2, -0.15) is 0 Å². The maximum atomic E-state index is 5.82. The van der Waals surface area contributed by atoms with Gasteiger partial charge in [0.2, 0.25) is 0 Å². The lowest BCUT2D eigenvalue weighted by Crippen LogP contribution is -2.01. The minimum Gasteiger partial charge on any atom is -0.621 e. The Morgan fingerprint density at radius 1 is 1.12 bits per heavy atom. The van der Waals surface area contributed by atoms with Gasteiger partial charge in [0.05, 0.1) is 0 Å². The molecule has 2 atom stereocenters. The average molecular weight is 108 g/mol. The Hall–Kier alpha value is 0.0649. The van der Waals surface area contributed by atoms with Gasteiger partial charge in [-0.15, -0.1) is 0 Å². The molecule has 0 heterocycles. The molecule has 0 unspecified atom stereocenters.